The normalized spacial score (nSPS) is 0. The van der Waals surface area contributed by atoms with Gasteiger partial charge in [-0.25, -0.2) is 0 Å². The van der Waals surface area contributed by atoms with Crippen molar-refractivity contribution < 1.29 is 0 Å². The Bertz CT molecular complexity index is 11.6. The molecule has 0 spiro atoms. The average molecular weight is 459 g/mol. The molecule has 0 nitrogen and oxygen atoms in total. The zero-order valence-corrected chi connectivity index (χ0v) is 7.19. The minimum absolute atomic E-state index is 0. The molecular formula is H12AlGaInPTl. The van der Waals surface area contributed by atoms with E-state index in [0.29, 0.717) is 0 Å². The van der Waals surface area contributed by atoms with Gasteiger partial charge in [-0.3, -0.25) is 0 Å². The fourth-order valence-electron chi connectivity index (χ4n) is 0. The molecule has 0 fully saturated rings. The molecule has 1 unspecified atom stereocenters. The summed E-state index contributed by atoms with van der Waals surface area (Å²) in [4.78, 5) is 0. The standard InChI is InChI=1S/Al.Ga.In.H3P.Tl.9H/h;;;1H3;;;;;;;;;;. The van der Waals surface area contributed by atoms with Crippen LogP contribution in [-0.4, -0.2) is 90.3 Å². The van der Waals surface area contributed by atoms with Gasteiger partial charge < -0.3 is 0 Å². The van der Waals surface area contributed by atoms with Crippen LogP contribution in [0.1, 0.15) is 0 Å². The Morgan fingerprint density at radius 3 is 1.00 bits per heavy atom. The maximum absolute atomic E-state index is 0. The van der Waals surface area contributed by atoms with Crippen molar-refractivity contribution in [1.82, 2.24) is 0 Å². The first-order chi connectivity index (χ1) is 0. The van der Waals surface area contributed by atoms with Crippen molar-refractivity contribution in [2.24, 2.45) is 0 Å². The second-order valence-corrected chi connectivity index (χ2v) is 0. The fraction of sp³-hybridized carbons (Fsp3) is 0. The quantitative estimate of drug-likeness (QED) is 0.257. The predicted octanol–water partition coefficient (Wildman–Crippen LogP) is -3.87. The van der Waals surface area contributed by atoms with Gasteiger partial charge in [-0.1, -0.05) is 0 Å². The third-order valence-electron chi connectivity index (χ3n) is 0. The molecule has 0 saturated carbocycles. The van der Waals surface area contributed by atoms with Crippen LogP contribution in [0.3, 0.4) is 0 Å². The Labute approximate surface area is 98.4 Å². The van der Waals surface area contributed by atoms with Crippen LogP contribution in [0.4, 0.5) is 0 Å². The van der Waals surface area contributed by atoms with Crippen LogP contribution in [-0.2, 0) is 0 Å². The topological polar surface area (TPSA) is 0 Å². The Balaban J connectivity index is 0. The van der Waals surface area contributed by atoms with Gasteiger partial charge in [0, 0.05) is 27.3 Å². The first-order valence-electron chi connectivity index (χ1n) is 0. The van der Waals surface area contributed by atoms with Gasteiger partial charge in [0.1, 0.15) is 0 Å². The van der Waals surface area contributed by atoms with E-state index in [1.165, 1.54) is 0 Å². The molecule has 0 aromatic heterocycles. The molecule has 0 aliphatic carbocycles. The van der Waals surface area contributed by atoms with E-state index in [2.05, 4.69) is 0 Å². The molecular weight excluding hydrogens is 447 g/mol. The van der Waals surface area contributed by atoms with Crippen LogP contribution in [0, 0.1) is 0 Å². The summed E-state index contributed by atoms with van der Waals surface area (Å²) in [5.41, 5.74) is 0. The minimum Gasteiger partial charge on any atom is 0 e. The summed E-state index contributed by atoms with van der Waals surface area (Å²) in [5.74, 6) is 0. The summed E-state index contributed by atoms with van der Waals surface area (Å²) in [5, 5.41) is 0. The smallest absolute Gasteiger partial charge is 0 e. The Hall–Kier alpha value is 3.39. The Morgan fingerprint density at radius 1 is 1.00 bits per heavy atom. The second-order valence-electron chi connectivity index (χ2n) is 0. The van der Waals surface area contributed by atoms with Crippen LogP contribution in [0.25, 0.3) is 0 Å². The Morgan fingerprint density at radius 2 is 1.00 bits per heavy atom. The molecule has 0 aromatic rings. The maximum Gasteiger partial charge on any atom is 0 e. The molecule has 0 saturated heterocycles. The fourth-order valence-corrected chi connectivity index (χ4v) is 0. The van der Waals surface area contributed by atoms with Gasteiger partial charge in [0.15, 0.2) is 17.4 Å². The van der Waals surface area contributed by atoms with E-state index in [0.717, 1.165) is 0 Å². The Kier molecular flexibility index (Phi) is 209. The van der Waals surface area contributed by atoms with Crippen LogP contribution in [0.15, 0.2) is 0 Å². The first-order valence-corrected chi connectivity index (χ1v) is 0. The van der Waals surface area contributed by atoms with Crippen LogP contribution in [0.5, 0.6) is 0 Å². The van der Waals surface area contributed by atoms with E-state index < -0.39 is 0 Å². The van der Waals surface area contributed by atoms with Gasteiger partial charge in [0.05, 0.1) is 0 Å². The molecule has 0 N–H and O–H groups in total. The second kappa shape index (κ2) is 26.3. The van der Waals surface area contributed by atoms with Gasteiger partial charge in [0.2, 0.25) is 0 Å². The molecule has 0 aliphatic heterocycles. The van der Waals surface area contributed by atoms with Gasteiger partial charge >= 0.3 is 45.6 Å². The molecule has 0 bridgehead atoms. The predicted molar refractivity (Wildman–Crippen MR) is 46.7 cm³/mol. The zero-order chi connectivity index (χ0) is 0. The minimum atomic E-state index is 0. The van der Waals surface area contributed by atoms with E-state index in [1.54, 1.807) is 0 Å². The van der Waals surface area contributed by atoms with Crippen molar-refractivity contribution in [3.05, 3.63) is 0 Å². The van der Waals surface area contributed by atoms with E-state index >= 15 is 0 Å². The molecule has 0 amide bonds. The van der Waals surface area contributed by atoms with E-state index in [1.807, 2.05) is 0 Å². The largest absolute Gasteiger partial charge is 0 e. The molecule has 1 radical (unpaired) electrons. The summed E-state index contributed by atoms with van der Waals surface area (Å²) in [6, 6.07) is 0. The van der Waals surface area contributed by atoms with E-state index in [9.17, 15) is 0 Å². The van der Waals surface area contributed by atoms with Crippen molar-refractivity contribution >= 4 is 100 Å². The molecule has 5 heavy (non-hydrogen) atoms. The molecule has 1 atom stereocenters. The van der Waals surface area contributed by atoms with Crippen molar-refractivity contribution in [3.63, 3.8) is 0 Å². The monoisotopic (exact) mass is 459 g/mol. The summed E-state index contributed by atoms with van der Waals surface area (Å²) in [6.07, 6.45) is 0. The first kappa shape index (κ1) is 39.9. The van der Waals surface area contributed by atoms with E-state index in [-0.39, 0.29) is 100 Å². The summed E-state index contributed by atoms with van der Waals surface area (Å²) < 4.78 is 0. The average Bonchev–Trinajstić information content (AvgIpc) is 0. The number of hydrogen-bond acceptors (Lipinski definition) is 0. The summed E-state index contributed by atoms with van der Waals surface area (Å²) >= 11 is 0. The summed E-state index contributed by atoms with van der Waals surface area (Å²) in [7, 11) is 0. The van der Waals surface area contributed by atoms with Gasteiger partial charge in [-0.2, -0.15) is 9.90 Å². The maximum atomic E-state index is 0. The van der Waals surface area contributed by atoms with Crippen LogP contribution in [0.2, 0.25) is 0 Å². The van der Waals surface area contributed by atoms with Crippen molar-refractivity contribution in [3.8, 4) is 0 Å². The van der Waals surface area contributed by atoms with Crippen LogP contribution >= 0.6 is 9.90 Å². The molecule has 0 aromatic carbocycles. The van der Waals surface area contributed by atoms with Crippen LogP contribution < -0.4 is 0 Å². The van der Waals surface area contributed by atoms with Crippen molar-refractivity contribution in [1.29, 1.82) is 0 Å². The molecule has 0 aliphatic rings. The number of rotatable bonds is 0. The summed E-state index contributed by atoms with van der Waals surface area (Å²) in [6.45, 7) is 0. The van der Waals surface area contributed by atoms with E-state index in [4.69, 9.17) is 0 Å². The third kappa shape index (κ3) is 18.7. The molecule has 0 rings (SSSR count). The zero-order valence-electron chi connectivity index (χ0n) is 1.28. The van der Waals surface area contributed by atoms with Crippen molar-refractivity contribution in [2.75, 3.05) is 0 Å². The van der Waals surface area contributed by atoms with Crippen molar-refractivity contribution in [2.45, 2.75) is 0 Å². The number of hydrogen-bond donors (Lipinski definition) is 0. The SMILES string of the molecule is P.[AlH3].[GaH3].[InH3].[Tl]. The molecule has 0 heterocycles. The molecule has 29 valence electrons. The van der Waals surface area contributed by atoms with Gasteiger partial charge in [-0.05, 0) is 0 Å². The van der Waals surface area contributed by atoms with Gasteiger partial charge in [0.25, 0.3) is 0 Å². The van der Waals surface area contributed by atoms with Gasteiger partial charge in [-0.15, -0.1) is 0 Å². The third-order valence-corrected chi connectivity index (χ3v) is 0. The molecule has 5 heteroatoms.